The maximum absolute atomic E-state index is 12.5. The van der Waals surface area contributed by atoms with Gasteiger partial charge >= 0.3 is 5.97 Å². The number of hydrogen-bond acceptors (Lipinski definition) is 5. The highest BCUT2D eigenvalue weighted by Gasteiger charge is 2.20. The van der Waals surface area contributed by atoms with E-state index in [2.05, 4.69) is 10.3 Å². The van der Waals surface area contributed by atoms with Crippen LogP contribution in [0.25, 0.3) is 0 Å². The lowest BCUT2D eigenvalue weighted by Crippen LogP contribution is -2.27. The predicted octanol–water partition coefficient (Wildman–Crippen LogP) is 3.39. The Balaban J connectivity index is 1.59. The highest BCUT2D eigenvalue weighted by molar-refractivity contribution is 5.90. The summed E-state index contributed by atoms with van der Waals surface area (Å²) in [5.41, 5.74) is 4.13. The molecule has 0 aliphatic carbocycles. The summed E-state index contributed by atoms with van der Waals surface area (Å²) >= 11 is 0. The summed E-state index contributed by atoms with van der Waals surface area (Å²) in [6.07, 6.45) is 0.879. The van der Waals surface area contributed by atoms with Crippen LogP contribution in [0, 0.1) is 13.8 Å². The molecule has 1 aromatic heterocycles. The van der Waals surface area contributed by atoms with E-state index in [9.17, 15) is 9.59 Å². The smallest absolute Gasteiger partial charge is 0.355 e. The lowest BCUT2D eigenvalue weighted by molar-refractivity contribution is -0.121. The SMILES string of the molecule is CCOC(=O)c1[nH]c(C)c(CCC(=O)NC(C)c2ccc3c(c2)OCCO3)c1C. The summed E-state index contributed by atoms with van der Waals surface area (Å²) in [6.45, 7) is 8.90. The molecule has 1 aromatic carbocycles. The Kier molecular flexibility index (Phi) is 6.46. The van der Waals surface area contributed by atoms with Crippen molar-refractivity contribution in [1.82, 2.24) is 10.3 Å². The number of carbonyl (C=O) groups is 2. The van der Waals surface area contributed by atoms with Crippen molar-refractivity contribution in [2.75, 3.05) is 19.8 Å². The monoisotopic (exact) mass is 400 g/mol. The number of aromatic nitrogens is 1. The van der Waals surface area contributed by atoms with Crippen LogP contribution in [0.5, 0.6) is 11.5 Å². The van der Waals surface area contributed by atoms with E-state index in [-0.39, 0.29) is 17.9 Å². The molecule has 0 bridgehead atoms. The average molecular weight is 400 g/mol. The van der Waals surface area contributed by atoms with Gasteiger partial charge in [0.1, 0.15) is 18.9 Å². The van der Waals surface area contributed by atoms with E-state index in [0.717, 1.165) is 28.1 Å². The predicted molar refractivity (Wildman–Crippen MR) is 109 cm³/mol. The first-order chi connectivity index (χ1) is 13.9. The molecule has 0 radical (unpaired) electrons. The Morgan fingerprint density at radius 2 is 1.93 bits per heavy atom. The molecule has 1 aliphatic heterocycles. The second-order valence-electron chi connectivity index (χ2n) is 7.14. The first-order valence-corrected chi connectivity index (χ1v) is 9.94. The molecule has 0 saturated heterocycles. The van der Waals surface area contributed by atoms with E-state index in [1.54, 1.807) is 6.92 Å². The van der Waals surface area contributed by atoms with Crippen molar-refractivity contribution in [2.24, 2.45) is 0 Å². The fraction of sp³-hybridized carbons (Fsp3) is 0.455. The first-order valence-electron chi connectivity index (χ1n) is 9.94. The van der Waals surface area contributed by atoms with Gasteiger partial charge in [-0.05, 0) is 62.9 Å². The number of benzene rings is 1. The van der Waals surface area contributed by atoms with Gasteiger partial charge in [-0.15, -0.1) is 0 Å². The van der Waals surface area contributed by atoms with Crippen LogP contribution in [-0.4, -0.2) is 36.7 Å². The summed E-state index contributed by atoms with van der Waals surface area (Å²) in [4.78, 5) is 27.6. The van der Waals surface area contributed by atoms with Crippen molar-refractivity contribution < 1.29 is 23.8 Å². The highest BCUT2D eigenvalue weighted by Crippen LogP contribution is 2.32. The first kappa shape index (κ1) is 20.8. The topological polar surface area (TPSA) is 89.7 Å². The Labute approximate surface area is 170 Å². The lowest BCUT2D eigenvalue weighted by Gasteiger charge is -2.21. The van der Waals surface area contributed by atoms with Crippen LogP contribution < -0.4 is 14.8 Å². The molecule has 7 nitrogen and oxygen atoms in total. The van der Waals surface area contributed by atoms with Gasteiger partial charge in [-0.1, -0.05) is 6.07 Å². The van der Waals surface area contributed by atoms with E-state index in [0.29, 0.717) is 44.1 Å². The number of hydrogen-bond donors (Lipinski definition) is 2. The van der Waals surface area contributed by atoms with Gasteiger partial charge in [0.2, 0.25) is 5.91 Å². The zero-order valence-electron chi connectivity index (χ0n) is 17.4. The van der Waals surface area contributed by atoms with Gasteiger partial charge < -0.3 is 24.5 Å². The average Bonchev–Trinajstić information content (AvgIpc) is 3.00. The molecule has 0 spiro atoms. The van der Waals surface area contributed by atoms with Gasteiger partial charge in [-0.25, -0.2) is 4.79 Å². The van der Waals surface area contributed by atoms with Crippen LogP contribution in [-0.2, 0) is 16.0 Å². The van der Waals surface area contributed by atoms with Gasteiger partial charge in [-0.3, -0.25) is 4.79 Å². The summed E-state index contributed by atoms with van der Waals surface area (Å²) in [5.74, 6) is 1.02. The summed E-state index contributed by atoms with van der Waals surface area (Å²) < 4.78 is 16.2. The fourth-order valence-corrected chi connectivity index (χ4v) is 3.54. The van der Waals surface area contributed by atoms with Crippen LogP contribution >= 0.6 is 0 Å². The van der Waals surface area contributed by atoms with Crippen LogP contribution in [0.4, 0.5) is 0 Å². The van der Waals surface area contributed by atoms with E-state index in [4.69, 9.17) is 14.2 Å². The number of fused-ring (bicyclic) bond motifs is 1. The molecule has 1 atom stereocenters. The minimum atomic E-state index is -0.365. The van der Waals surface area contributed by atoms with Crippen LogP contribution in [0.1, 0.15) is 59.2 Å². The molecule has 1 unspecified atom stereocenters. The molecule has 29 heavy (non-hydrogen) atoms. The number of aromatic amines is 1. The van der Waals surface area contributed by atoms with Crippen molar-refractivity contribution in [3.05, 3.63) is 46.3 Å². The number of H-pyrrole nitrogens is 1. The quantitative estimate of drug-likeness (QED) is 0.696. The van der Waals surface area contributed by atoms with Crippen molar-refractivity contribution in [2.45, 2.75) is 46.6 Å². The summed E-state index contributed by atoms with van der Waals surface area (Å²) in [5, 5.41) is 3.02. The second-order valence-corrected chi connectivity index (χ2v) is 7.14. The molecular weight excluding hydrogens is 372 g/mol. The van der Waals surface area contributed by atoms with Crippen molar-refractivity contribution in [3.8, 4) is 11.5 Å². The minimum absolute atomic E-state index is 0.0509. The molecule has 2 N–H and O–H groups in total. The van der Waals surface area contributed by atoms with Crippen molar-refractivity contribution in [3.63, 3.8) is 0 Å². The number of rotatable bonds is 7. The molecular formula is C22H28N2O5. The third-order valence-electron chi connectivity index (χ3n) is 5.12. The van der Waals surface area contributed by atoms with E-state index in [1.165, 1.54) is 0 Å². The lowest BCUT2D eigenvalue weighted by atomic mass is 10.0. The van der Waals surface area contributed by atoms with Crippen LogP contribution in [0.2, 0.25) is 0 Å². The van der Waals surface area contributed by atoms with Crippen molar-refractivity contribution >= 4 is 11.9 Å². The normalized spacial score (nSPS) is 13.7. The summed E-state index contributed by atoms with van der Waals surface area (Å²) in [6, 6.07) is 5.56. The number of carbonyl (C=O) groups excluding carboxylic acids is 2. The van der Waals surface area contributed by atoms with Gasteiger partial charge in [0.25, 0.3) is 0 Å². The molecule has 1 aliphatic rings. The molecule has 0 fully saturated rings. The van der Waals surface area contributed by atoms with Crippen LogP contribution in [0.3, 0.4) is 0 Å². The van der Waals surface area contributed by atoms with Crippen LogP contribution in [0.15, 0.2) is 18.2 Å². The van der Waals surface area contributed by atoms with E-state index >= 15 is 0 Å². The molecule has 2 heterocycles. The Hall–Kier alpha value is -2.96. The van der Waals surface area contributed by atoms with Crippen molar-refractivity contribution in [1.29, 1.82) is 0 Å². The molecule has 2 aromatic rings. The molecule has 1 amide bonds. The Morgan fingerprint density at radius 1 is 1.21 bits per heavy atom. The molecule has 156 valence electrons. The molecule has 0 saturated carbocycles. The Bertz CT molecular complexity index is 903. The highest BCUT2D eigenvalue weighted by atomic mass is 16.6. The standard InChI is InChI=1S/C22H28N2O5/c1-5-27-22(26)21-13(2)17(15(4)24-21)7-9-20(25)23-14(3)16-6-8-18-19(12-16)29-11-10-28-18/h6,8,12,14,24H,5,7,9-11H2,1-4H3,(H,23,25). The number of aryl methyl sites for hydroxylation is 1. The third kappa shape index (κ3) is 4.72. The van der Waals surface area contributed by atoms with Gasteiger partial charge in [0.05, 0.1) is 12.6 Å². The number of amides is 1. The van der Waals surface area contributed by atoms with Gasteiger partial charge in [0, 0.05) is 12.1 Å². The second kappa shape index (κ2) is 9.03. The van der Waals surface area contributed by atoms with Gasteiger partial charge in [-0.2, -0.15) is 0 Å². The fourth-order valence-electron chi connectivity index (χ4n) is 3.54. The Morgan fingerprint density at radius 3 is 2.66 bits per heavy atom. The minimum Gasteiger partial charge on any atom is -0.486 e. The number of esters is 1. The maximum atomic E-state index is 12.5. The number of nitrogens with one attached hydrogen (secondary N) is 2. The summed E-state index contributed by atoms with van der Waals surface area (Å²) in [7, 11) is 0. The third-order valence-corrected chi connectivity index (χ3v) is 5.12. The van der Waals surface area contributed by atoms with E-state index in [1.807, 2.05) is 39.0 Å². The molecule has 3 rings (SSSR count). The molecule has 7 heteroatoms. The zero-order valence-corrected chi connectivity index (χ0v) is 17.4. The largest absolute Gasteiger partial charge is 0.486 e. The van der Waals surface area contributed by atoms with Gasteiger partial charge in [0.15, 0.2) is 11.5 Å². The maximum Gasteiger partial charge on any atom is 0.355 e. The van der Waals surface area contributed by atoms with E-state index < -0.39 is 0 Å². The number of ether oxygens (including phenoxy) is 3. The zero-order chi connectivity index (χ0) is 21.0.